The Labute approximate surface area is 173 Å². The van der Waals surface area contributed by atoms with Gasteiger partial charge >= 0.3 is 0 Å². The molecule has 0 atom stereocenters. The van der Waals surface area contributed by atoms with Gasteiger partial charge < -0.3 is 14.8 Å². The molecule has 0 aliphatic carbocycles. The number of para-hydroxylation sites is 1. The van der Waals surface area contributed by atoms with Gasteiger partial charge in [-0.3, -0.25) is 14.6 Å². The lowest BCUT2D eigenvalue weighted by atomic mass is 10.1. The molecule has 0 radical (unpaired) electrons. The molecule has 2 aromatic heterocycles. The Morgan fingerprint density at radius 2 is 1.97 bits per heavy atom. The highest BCUT2D eigenvalue weighted by Gasteiger charge is 2.30. The number of fused-ring (bicyclic) bond motifs is 1. The zero-order chi connectivity index (χ0) is 21.3. The Balaban J connectivity index is 1.62. The summed E-state index contributed by atoms with van der Waals surface area (Å²) in [5, 5.41) is 2.60. The van der Waals surface area contributed by atoms with Crippen LogP contribution >= 0.6 is 0 Å². The number of rotatable bonds is 4. The van der Waals surface area contributed by atoms with Crippen molar-refractivity contribution < 1.29 is 14.0 Å². The minimum absolute atomic E-state index is 0.0109. The van der Waals surface area contributed by atoms with E-state index in [1.54, 1.807) is 35.4 Å². The molecular formula is C22H22FN5O2. The van der Waals surface area contributed by atoms with Gasteiger partial charge in [0.1, 0.15) is 5.82 Å². The number of benzene rings is 1. The molecule has 0 saturated carbocycles. The quantitative estimate of drug-likeness (QED) is 0.718. The number of imidazole rings is 1. The summed E-state index contributed by atoms with van der Waals surface area (Å²) < 4.78 is 15.8. The number of pyridine rings is 1. The minimum Gasteiger partial charge on any atom is -0.332 e. The first-order chi connectivity index (χ1) is 14.5. The van der Waals surface area contributed by atoms with Crippen LogP contribution in [0.3, 0.4) is 0 Å². The average Bonchev–Trinajstić information content (AvgIpc) is 3.14. The van der Waals surface area contributed by atoms with Crippen LogP contribution in [-0.4, -0.2) is 37.8 Å². The summed E-state index contributed by atoms with van der Waals surface area (Å²) in [5.74, 6) is -0.890. The Morgan fingerprint density at radius 3 is 2.67 bits per heavy atom. The van der Waals surface area contributed by atoms with Gasteiger partial charge in [-0.25, -0.2) is 9.37 Å². The first-order valence-electron chi connectivity index (χ1n) is 9.81. The maximum absolute atomic E-state index is 14.0. The van der Waals surface area contributed by atoms with Crippen molar-refractivity contribution in [3.8, 4) is 0 Å². The highest BCUT2D eigenvalue weighted by Crippen LogP contribution is 2.26. The van der Waals surface area contributed by atoms with E-state index in [2.05, 4.69) is 15.3 Å². The Kier molecular flexibility index (Phi) is 5.31. The third-order valence-electron chi connectivity index (χ3n) is 5.09. The molecule has 30 heavy (non-hydrogen) atoms. The summed E-state index contributed by atoms with van der Waals surface area (Å²) in [7, 11) is 0. The molecule has 0 fully saturated rings. The SMILES string of the molecule is CC(C)n1c(C(=O)Nc2ccccc2F)nc2c1CCN(C(=O)c1cccnc1)C2. The lowest BCUT2D eigenvalue weighted by Gasteiger charge is -2.27. The normalized spacial score (nSPS) is 13.3. The molecule has 3 aromatic rings. The molecule has 1 aliphatic heterocycles. The van der Waals surface area contributed by atoms with Crippen LogP contribution in [-0.2, 0) is 13.0 Å². The molecule has 0 spiro atoms. The third-order valence-corrected chi connectivity index (χ3v) is 5.09. The van der Waals surface area contributed by atoms with Crippen molar-refractivity contribution in [2.75, 3.05) is 11.9 Å². The lowest BCUT2D eigenvalue weighted by Crippen LogP contribution is -2.36. The van der Waals surface area contributed by atoms with Gasteiger partial charge in [0, 0.05) is 37.1 Å². The maximum atomic E-state index is 14.0. The van der Waals surface area contributed by atoms with Gasteiger partial charge in [0.15, 0.2) is 5.82 Å². The van der Waals surface area contributed by atoms with E-state index >= 15 is 0 Å². The molecule has 7 nitrogen and oxygen atoms in total. The zero-order valence-electron chi connectivity index (χ0n) is 16.8. The van der Waals surface area contributed by atoms with Crippen molar-refractivity contribution in [2.24, 2.45) is 0 Å². The standard InChI is InChI=1S/C22H22FN5O2/c1-14(2)28-19-9-11-27(22(30)15-6-5-10-24-12-15)13-18(19)25-20(28)21(29)26-17-8-4-3-7-16(17)23/h3-8,10,12,14H,9,11,13H2,1-2H3,(H,26,29). The summed E-state index contributed by atoms with van der Waals surface area (Å²) in [4.78, 5) is 35.9. The highest BCUT2D eigenvalue weighted by molar-refractivity contribution is 6.02. The fraction of sp³-hybridized carbons (Fsp3) is 0.273. The van der Waals surface area contributed by atoms with Gasteiger partial charge in [0.2, 0.25) is 0 Å². The summed E-state index contributed by atoms with van der Waals surface area (Å²) in [6, 6.07) is 9.45. The fourth-order valence-electron chi connectivity index (χ4n) is 3.71. The third kappa shape index (κ3) is 3.68. The van der Waals surface area contributed by atoms with E-state index in [0.29, 0.717) is 30.8 Å². The molecule has 2 amide bonds. The first kappa shape index (κ1) is 19.8. The topological polar surface area (TPSA) is 80.1 Å². The van der Waals surface area contributed by atoms with Gasteiger partial charge in [-0.15, -0.1) is 0 Å². The van der Waals surface area contributed by atoms with Crippen molar-refractivity contribution in [1.29, 1.82) is 0 Å². The lowest BCUT2D eigenvalue weighted by molar-refractivity contribution is 0.0730. The van der Waals surface area contributed by atoms with E-state index in [1.807, 2.05) is 18.4 Å². The van der Waals surface area contributed by atoms with Crippen LogP contribution < -0.4 is 5.32 Å². The maximum Gasteiger partial charge on any atom is 0.291 e. The van der Waals surface area contributed by atoms with Crippen LogP contribution in [0.4, 0.5) is 10.1 Å². The largest absolute Gasteiger partial charge is 0.332 e. The number of nitrogens with zero attached hydrogens (tertiary/aromatic N) is 4. The van der Waals surface area contributed by atoms with Crippen LogP contribution in [0.5, 0.6) is 0 Å². The van der Waals surface area contributed by atoms with Crippen LogP contribution in [0.1, 0.15) is 52.3 Å². The van der Waals surface area contributed by atoms with Crippen molar-refractivity contribution >= 4 is 17.5 Å². The van der Waals surface area contributed by atoms with E-state index in [9.17, 15) is 14.0 Å². The molecule has 154 valence electrons. The van der Waals surface area contributed by atoms with Crippen molar-refractivity contribution in [2.45, 2.75) is 32.9 Å². The number of aromatic nitrogens is 3. The van der Waals surface area contributed by atoms with Crippen molar-refractivity contribution in [1.82, 2.24) is 19.4 Å². The molecule has 1 aromatic carbocycles. The number of anilines is 1. The molecule has 0 saturated heterocycles. The highest BCUT2D eigenvalue weighted by atomic mass is 19.1. The van der Waals surface area contributed by atoms with Crippen LogP contribution in [0.2, 0.25) is 0 Å². The second kappa shape index (κ2) is 8.06. The molecule has 0 unspecified atom stereocenters. The zero-order valence-corrected chi connectivity index (χ0v) is 16.8. The average molecular weight is 407 g/mol. The Hall–Kier alpha value is -3.55. The molecule has 0 bridgehead atoms. The van der Waals surface area contributed by atoms with Crippen LogP contribution in [0, 0.1) is 5.82 Å². The van der Waals surface area contributed by atoms with Gasteiger partial charge in [-0.05, 0) is 38.1 Å². The fourth-order valence-corrected chi connectivity index (χ4v) is 3.71. The van der Waals surface area contributed by atoms with Crippen molar-refractivity contribution in [3.05, 3.63) is 77.4 Å². The molecular weight excluding hydrogens is 385 g/mol. The predicted octanol–water partition coefficient (Wildman–Crippen LogP) is 3.45. The number of hydrogen-bond donors (Lipinski definition) is 1. The van der Waals surface area contributed by atoms with E-state index in [-0.39, 0.29) is 23.5 Å². The minimum atomic E-state index is -0.508. The number of carbonyl (C=O) groups excluding carboxylic acids is 2. The van der Waals surface area contributed by atoms with Gasteiger partial charge in [-0.2, -0.15) is 0 Å². The van der Waals surface area contributed by atoms with E-state index < -0.39 is 11.7 Å². The summed E-state index contributed by atoms with van der Waals surface area (Å²) in [6.07, 6.45) is 3.74. The summed E-state index contributed by atoms with van der Waals surface area (Å²) in [5.41, 5.74) is 2.23. The number of halogens is 1. The molecule has 3 heterocycles. The molecule has 8 heteroatoms. The predicted molar refractivity (Wildman–Crippen MR) is 110 cm³/mol. The van der Waals surface area contributed by atoms with Gasteiger partial charge in [0.05, 0.1) is 23.5 Å². The Bertz CT molecular complexity index is 1090. The first-order valence-corrected chi connectivity index (χ1v) is 9.81. The van der Waals surface area contributed by atoms with Gasteiger partial charge in [0.25, 0.3) is 11.8 Å². The van der Waals surface area contributed by atoms with E-state index in [1.165, 1.54) is 18.3 Å². The molecule has 4 rings (SSSR count). The smallest absolute Gasteiger partial charge is 0.291 e. The molecule has 1 N–H and O–H groups in total. The number of carbonyl (C=O) groups is 2. The summed E-state index contributed by atoms with van der Waals surface area (Å²) in [6.45, 7) is 4.76. The second-order valence-corrected chi connectivity index (χ2v) is 7.44. The van der Waals surface area contributed by atoms with Gasteiger partial charge in [-0.1, -0.05) is 12.1 Å². The number of nitrogens with one attached hydrogen (secondary N) is 1. The number of hydrogen-bond acceptors (Lipinski definition) is 4. The monoisotopic (exact) mass is 407 g/mol. The van der Waals surface area contributed by atoms with E-state index in [0.717, 1.165) is 5.69 Å². The Morgan fingerprint density at radius 1 is 1.17 bits per heavy atom. The van der Waals surface area contributed by atoms with Crippen molar-refractivity contribution in [3.63, 3.8) is 0 Å². The second-order valence-electron chi connectivity index (χ2n) is 7.44. The van der Waals surface area contributed by atoms with Crippen LogP contribution in [0.25, 0.3) is 0 Å². The number of amides is 2. The molecule has 1 aliphatic rings. The summed E-state index contributed by atoms with van der Waals surface area (Å²) >= 11 is 0. The van der Waals surface area contributed by atoms with E-state index in [4.69, 9.17) is 0 Å². The van der Waals surface area contributed by atoms with Crippen LogP contribution in [0.15, 0.2) is 48.8 Å².